The van der Waals surface area contributed by atoms with E-state index in [0.29, 0.717) is 11.9 Å². The summed E-state index contributed by atoms with van der Waals surface area (Å²) < 4.78 is 5.69. The van der Waals surface area contributed by atoms with Crippen molar-refractivity contribution in [1.29, 1.82) is 0 Å². The molecule has 130 valence electrons. The van der Waals surface area contributed by atoms with Crippen molar-refractivity contribution in [1.82, 2.24) is 15.2 Å². The summed E-state index contributed by atoms with van der Waals surface area (Å²) >= 11 is 0. The minimum Gasteiger partial charge on any atom is -0.424 e. The molecular weight excluding hydrogens is 314 g/mol. The number of anilines is 2. The fourth-order valence-electron chi connectivity index (χ4n) is 2.96. The summed E-state index contributed by atoms with van der Waals surface area (Å²) in [7, 11) is 0. The van der Waals surface area contributed by atoms with Crippen LogP contribution in [0.15, 0.2) is 40.8 Å². The molecule has 6 heteroatoms. The second kappa shape index (κ2) is 6.02. The molecule has 0 unspecified atom stereocenters. The van der Waals surface area contributed by atoms with Crippen molar-refractivity contribution in [3.8, 4) is 0 Å². The quantitative estimate of drug-likeness (QED) is 0.786. The molecule has 4 rings (SSSR count). The van der Waals surface area contributed by atoms with Crippen LogP contribution in [0.2, 0.25) is 0 Å². The molecule has 1 aromatic carbocycles. The molecule has 0 aliphatic carbocycles. The highest BCUT2D eigenvalue weighted by Gasteiger charge is 2.28. The summed E-state index contributed by atoms with van der Waals surface area (Å²) in [4.78, 5) is 6.69. The molecule has 1 aliphatic rings. The van der Waals surface area contributed by atoms with Gasteiger partial charge in [-0.05, 0) is 24.3 Å². The van der Waals surface area contributed by atoms with Crippen molar-refractivity contribution in [2.24, 2.45) is 5.92 Å². The average Bonchev–Trinajstić information content (AvgIpc) is 2.96. The molecule has 2 aromatic heterocycles. The predicted molar refractivity (Wildman–Crippen MR) is 98.9 cm³/mol. The van der Waals surface area contributed by atoms with Crippen LogP contribution in [0.4, 0.5) is 11.8 Å². The number of oxazole rings is 1. The third-order valence-corrected chi connectivity index (χ3v) is 4.54. The van der Waals surface area contributed by atoms with E-state index >= 15 is 0 Å². The van der Waals surface area contributed by atoms with E-state index in [1.165, 1.54) is 0 Å². The first-order valence-electron chi connectivity index (χ1n) is 8.68. The fourth-order valence-corrected chi connectivity index (χ4v) is 2.96. The van der Waals surface area contributed by atoms with E-state index in [1.54, 1.807) is 0 Å². The zero-order valence-corrected chi connectivity index (χ0v) is 14.9. The lowest BCUT2D eigenvalue weighted by atomic mass is 9.92. The van der Waals surface area contributed by atoms with Crippen LogP contribution in [0, 0.1) is 5.92 Å². The molecule has 0 saturated carbocycles. The Balaban J connectivity index is 1.30. The maximum Gasteiger partial charge on any atom is 0.295 e. The van der Waals surface area contributed by atoms with Gasteiger partial charge in [-0.3, -0.25) is 0 Å². The second-order valence-electron chi connectivity index (χ2n) is 7.67. The van der Waals surface area contributed by atoms with Crippen molar-refractivity contribution in [3.05, 3.63) is 42.1 Å². The third-order valence-electron chi connectivity index (χ3n) is 4.54. The summed E-state index contributed by atoms with van der Waals surface area (Å²) in [6.45, 7) is 9.22. The van der Waals surface area contributed by atoms with Crippen LogP contribution < -0.4 is 10.2 Å². The van der Waals surface area contributed by atoms with Gasteiger partial charge in [0.25, 0.3) is 6.01 Å². The Morgan fingerprint density at radius 2 is 1.92 bits per heavy atom. The van der Waals surface area contributed by atoms with Gasteiger partial charge >= 0.3 is 0 Å². The minimum absolute atomic E-state index is 0.0342. The molecule has 1 aliphatic heterocycles. The maximum absolute atomic E-state index is 5.69. The molecule has 6 nitrogen and oxygen atoms in total. The highest BCUT2D eigenvalue weighted by Crippen LogP contribution is 2.25. The Bertz CT molecular complexity index is 826. The van der Waals surface area contributed by atoms with E-state index in [0.717, 1.165) is 42.2 Å². The number of hydrogen-bond acceptors (Lipinski definition) is 6. The lowest BCUT2D eigenvalue weighted by Gasteiger charge is -2.39. The topological polar surface area (TPSA) is 67.1 Å². The number of fused-ring (bicyclic) bond motifs is 1. The third kappa shape index (κ3) is 3.29. The maximum atomic E-state index is 5.69. The first kappa shape index (κ1) is 15.9. The van der Waals surface area contributed by atoms with Crippen molar-refractivity contribution in [2.45, 2.75) is 26.2 Å². The van der Waals surface area contributed by atoms with Gasteiger partial charge in [0, 0.05) is 31.0 Å². The van der Waals surface area contributed by atoms with E-state index in [1.807, 2.05) is 24.3 Å². The van der Waals surface area contributed by atoms with E-state index < -0.39 is 0 Å². The zero-order chi connectivity index (χ0) is 17.4. The minimum atomic E-state index is 0.0342. The van der Waals surface area contributed by atoms with Gasteiger partial charge in [-0.1, -0.05) is 32.9 Å². The predicted octanol–water partition coefficient (Wildman–Crippen LogP) is 3.46. The van der Waals surface area contributed by atoms with Gasteiger partial charge in [0.15, 0.2) is 11.4 Å². The zero-order valence-electron chi connectivity index (χ0n) is 14.9. The lowest BCUT2D eigenvalue weighted by molar-refractivity contribution is 0.420. The molecule has 0 bridgehead atoms. The van der Waals surface area contributed by atoms with Crippen LogP contribution in [0.25, 0.3) is 11.1 Å². The SMILES string of the molecule is CC(C)(C)c1ccc(N2CC(CNc3nc4ccccc4o3)C2)nn1. The van der Waals surface area contributed by atoms with Crippen LogP contribution in [0.3, 0.4) is 0 Å². The van der Waals surface area contributed by atoms with Crippen LogP contribution >= 0.6 is 0 Å². The second-order valence-corrected chi connectivity index (χ2v) is 7.67. The molecule has 3 heterocycles. The van der Waals surface area contributed by atoms with E-state index in [2.05, 4.69) is 58.3 Å². The van der Waals surface area contributed by atoms with Gasteiger partial charge in [-0.15, -0.1) is 5.10 Å². The van der Waals surface area contributed by atoms with Gasteiger partial charge in [-0.2, -0.15) is 10.1 Å². The Morgan fingerprint density at radius 1 is 1.12 bits per heavy atom. The number of rotatable bonds is 4. The van der Waals surface area contributed by atoms with E-state index in [9.17, 15) is 0 Å². The Kier molecular flexibility index (Phi) is 3.82. The number of aromatic nitrogens is 3. The van der Waals surface area contributed by atoms with Crippen molar-refractivity contribution in [3.63, 3.8) is 0 Å². The first-order chi connectivity index (χ1) is 12.0. The first-order valence-corrected chi connectivity index (χ1v) is 8.68. The molecule has 1 fully saturated rings. The standard InChI is InChI=1S/C19H23N5O/c1-19(2,3)16-8-9-17(23-22-16)24-11-13(12-24)10-20-18-21-14-6-4-5-7-15(14)25-18/h4-9,13H,10-12H2,1-3H3,(H,20,21). The number of hydrogen-bond donors (Lipinski definition) is 1. The number of nitrogens with zero attached hydrogens (tertiary/aromatic N) is 4. The molecule has 1 saturated heterocycles. The molecule has 0 radical (unpaired) electrons. The van der Waals surface area contributed by atoms with Gasteiger partial charge in [0.05, 0.1) is 5.69 Å². The largest absolute Gasteiger partial charge is 0.424 e. The van der Waals surface area contributed by atoms with Crippen LogP contribution in [0.5, 0.6) is 0 Å². The average molecular weight is 337 g/mol. The van der Waals surface area contributed by atoms with Gasteiger partial charge in [0.2, 0.25) is 0 Å². The summed E-state index contributed by atoms with van der Waals surface area (Å²) in [5.41, 5.74) is 2.75. The Hall–Kier alpha value is -2.63. The summed E-state index contributed by atoms with van der Waals surface area (Å²) in [5.74, 6) is 1.50. The Labute approximate surface area is 147 Å². The van der Waals surface area contributed by atoms with Crippen molar-refractivity contribution < 1.29 is 4.42 Å². The summed E-state index contributed by atoms with van der Waals surface area (Å²) in [6.07, 6.45) is 0. The monoisotopic (exact) mass is 337 g/mol. The smallest absolute Gasteiger partial charge is 0.295 e. The van der Waals surface area contributed by atoms with Crippen LogP contribution in [-0.2, 0) is 5.41 Å². The van der Waals surface area contributed by atoms with E-state index in [4.69, 9.17) is 4.42 Å². The lowest BCUT2D eigenvalue weighted by Crippen LogP contribution is -2.50. The van der Waals surface area contributed by atoms with Crippen molar-refractivity contribution in [2.75, 3.05) is 29.9 Å². The van der Waals surface area contributed by atoms with Crippen LogP contribution in [0.1, 0.15) is 26.5 Å². The van der Waals surface area contributed by atoms with Gasteiger partial charge in [-0.25, -0.2) is 0 Å². The summed E-state index contributed by atoms with van der Waals surface area (Å²) in [5, 5.41) is 12.0. The molecule has 0 spiro atoms. The highest BCUT2D eigenvalue weighted by molar-refractivity contribution is 5.74. The van der Waals surface area contributed by atoms with E-state index in [-0.39, 0.29) is 5.41 Å². The molecular formula is C19H23N5O. The number of nitrogens with one attached hydrogen (secondary N) is 1. The molecule has 3 aromatic rings. The van der Waals surface area contributed by atoms with Crippen molar-refractivity contribution >= 4 is 22.9 Å². The molecule has 1 N–H and O–H groups in total. The normalized spacial score (nSPS) is 15.4. The summed E-state index contributed by atoms with van der Waals surface area (Å²) in [6, 6.07) is 12.5. The van der Waals surface area contributed by atoms with Gasteiger partial charge < -0.3 is 14.6 Å². The Morgan fingerprint density at radius 3 is 2.60 bits per heavy atom. The van der Waals surface area contributed by atoms with Gasteiger partial charge in [0.1, 0.15) is 5.52 Å². The molecule has 0 atom stereocenters. The number of para-hydroxylation sites is 2. The fraction of sp³-hybridized carbons (Fsp3) is 0.421. The number of benzene rings is 1. The molecule has 0 amide bonds. The highest BCUT2D eigenvalue weighted by atomic mass is 16.4. The van der Waals surface area contributed by atoms with Crippen LogP contribution in [-0.4, -0.2) is 34.8 Å². The molecule has 25 heavy (non-hydrogen) atoms.